The van der Waals surface area contributed by atoms with Gasteiger partial charge in [0.1, 0.15) is 0 Å². The third-order valence-electron chi connectivity index (χ3n) is 1.07. The molecular formula is C6H11O. The van der Waals surface area contributed by atoms with E-state index >= 15 is 0 Å². The molecule has 0 spiro atoms. The second-order valence-corrected chi connectivity index (χ2v) is 2.30. The highest BCUT2D eigenvalue weighted by Crippen LogP contribution is 2.17. The maximum atomic E-state index is 4.98. The van der Waals surface area contributed by atoms with Crippen molar-refractivity contribution in [3.8, 4) is 0 Å². The molecule has 1 aliphatic rings. The summed E-state index contributed by atoms with van der Waals surface area (Å²) in [5.74, 6) is 0.562. The smallest absolute Gasteiger partial charge is 0.0812 e. The van der Waals surface area contributed by atoms with Crippen LogP contribution in [0.5, 0.6) is 0 Å². The molecule has 0 aliphatic carbocycles. The summed E-state index contributed by atoms with van der Waals surface area (Å²) in [5.41, 5.74) is 0. The van der Waals surface area contributed by atoms with E-state index in [1.54, 1.807) is 0 Å². The Morgan fingerprint density at radius 2 is 2.57 bits per heavy atom. The monoisotopic (exact) mass is 99.1 g/mol. The van der Waals surface area contributed by atoms with E-state index < -0.39 is 0 Å². The van der Waals surface area contributed by atoms with Gasteiger partial charge in [-0.3, -0.25) is 0 Å². The molecule has 2 atom stereocenters. The van der Waals surface area contributed by atoms with E-state index in [9.17, 15) is 0 Å². The minimum absolute atomic E-state index is 0.562. The van der Waals surface area contributed by atoms with Crippen LogP contribution in [0.3, 0.4) is 0 Å². The molecule has 2 unspecified atom stereocenters. The summed E-state index contributed by atoms with van der Waals surface area (Å²) in [4.78, 5) is 0. The minimum atomic E-state index is 0.562. The molecule has 1 heterocycles. The standard InChI is InChI=1S/C6H11O/c1-5(2)3-6-4-7-6/h5-6H,1,3-4H2,2H3. The normalized spacial score (nSPS) is 28.7. The highest BCUT2D eigenvalue weighted by atomic mass is 16.6. The number of epoxide rings is 1. The highest BCUT2D eigenvalue weighted by molar-refractivity contribution is 4.72. The first-order valence-electron chi connectivity index (χ1n) is 2.73. The van der Waals surface area contributed by atoms with Gasteiger partial charge in [0.05, 0.1) is 12.7 Å². The van der Waals surface area contributed by atoms with Gasteiger partial charge in [0.25, 0.3) is 0 Å². The van der Waals surface area contributed by atoms with Gasteiger partial charge in [-0.25, -0.2) is 0 Å². The molecule has 1 saturated heterocycles. The van der Waals surface area contributed by atoms with E-state index in [0.717, 1.165) is 13.0 Å². The Labute approximate surface area is 44.7 Å². The maximum absolute atomic E-state index is 4.98. The van der Waals surface area contributed by atoms with E-state index in [0.29, 0.717) is 12.0 Å². The zero-order valence-electron chi connectivity index (χ0n) is 4.68. The van der Waals surface area contributed by atoms with Crippen molar-refractivity contribution in [1.82, 2.24) is 0 Å². The topological polar surface area (TPSA) is 12.5 Å². The lowest BCUT2D eigenvalue weighted by Crippen LogP contribution is -1.92. The lowest BCUT2D eigenvalue weighted by atomic mass is 10.1. The predicted molar refractivity (Wildman–Crippen MR) is 28.9 cm³/mol. The van der Waals surface area contributed by atoms with Crippen LogP contribution in [0.4, 0.5) is 0 Å². The van der Waals surface area contributed by atoms with Gasteiger partial charge in [-0.1, -0.05) is 13.8 Å². The van der Waals surface area contributed by atoms with Gasteiger partial charge >= 0.3 is 0 Å². The summed E-state index contributed by atoms with van der Waals surface area (Å²) < 4.78 is 4.98. The van der Waals surface area contributed by atoms with Crippen molar-refractivity contribution in [3.63, 3.8) is 0 Å². The predicted octanol–water partition coefficient (Wildman–Crippen LogP) is 1.25. The number of ether oxygens (including phenoxy) is 1. The van der Waals surface area contributed by atoms with Gasteiger partial charge < -0.3 is 4.74 Å². The summed E-state index contributed by atoms with van der Waals surface area (Å²) in [6.07, 6.45) is 1.70. The van der Waals surface area contributed by atoms with E-state index in [1.165, 1.54) is 0 Å². The molecular weight excluding hydrogens is 88.1 g/mol. The fraction of sp³-hybridized carbons (Fsp3) is 0.833. The zero-order valence-corrected chi connectivity index (χ0v) is 4.68. The van der Waals surface area contributed by atoms with Gasteiger partial charge in [0, 0.05) is 0 Å². The highest BCUT2D eigenvalue weighted by Gasteiger charge is 2.22. The molecule has 1 heteroatoms. The second-order valence-electron chi connectivity index (χ2n) is 2.30. The molecule has 7 heavy (non-hydrogen) atoms. The van der Waals surface area contributed by atoms with Crippen LogP contribution >= 0.6 is 0 Å². The lowest BCUT2D eigenvalue weighted by Gasteiger charge is -1.95. The summed E-state index contributed by atoms with van der Waals surface area (Å²) in [6.45, 7) is 6.92. The third kappa shape index (κ3) is 1.93. The SMILES string of the molecule is [CH2]C(C)CC1CO1. The van der Waals surface area contributed by atoms with Crippen molar-refractivity contribution in [3.05, 3.63) is 6.92 Å². The van der Waals surface area contributed by atoms with Crippen LogP contribution in [0.25, 0.3) is 0 Å². The fourth-order valence-corrected chi connectivity index (χ4v) is 0.653. The molecule has 41 valence electrons. The largest absolute Gasteiger partial charge is 0.373 e. The van der Waals surface area contributed by atoms with Crippen LogP contribution in [0.1, 0.15) is 13.3 Å². The van der Waals surface area contributed by atoms with Crippen LogP contribution in [-0.4, -0.2) is 12.7 Å². The van der Waals surface area contributed by atoms with Gasteiger partial charge in [0.2, 0.25) is 0 Å². The molecule has 1 aliphatic heterocycles. The molecule has 0 bridgehead atoms. The fourth-order valence-electron chi connectivity index (χ4n) is 0.653. The van der Waals surface area contributed by atoms with Crippen molar-refractivity contribution >= 4 is 0 Å². The first-order chi connectivity index (χ1) is 3.29. The van der Waals surface area contributed by atoms with Gasteiger partial charge in [-0.2, -0.15) is 0 Å². The Balaban J connectivity index is 1.97. The summed E-state index contributed by atoms with van der Waals surface area (Å²) >= 11 is 0. The molecule has 0 aromatic heterocycles. The van der Waals surface area contributed by atoms with Crippen LogP contribution in [0, 0.1) is 12.8 Å². The molecule has 0 aromatic carbocycles. The summed E-state index contributed by atoms with van der Waals surface area (Å²) in [5, 5.41) is 0. The van der Waals surface area contributed by atoms with E-state index in [4.69, 9.17) is 4.74 Å². The van der Waals surface area contributed by atoms with Crippen LogP contribution in [0.2, 0.25) is 0 Å². The minimum Gasteiger partial charge on any atom is -0.373 e. The molecule has 1 rings (SSSR count). The van der Waals surface area contributed by atoms with Gasteiger partial charge in [0.15, 0.2) is 0 Å². The second kappa shape index (κ2) is 1.83. The molecule has 0 amide bonds. The molecule has 1 fully saturated rings. The number of hydrogen-bond acceptors (Lipinski definition) is 1. The van der Waals surface area contributed by atoms with Gasteiger partial charge in [-0.15, -0.1) is 0 Å². The summed E-state index contributed by atoms with van der Waals surface area (Å²) in [7, 11) is 0. The first-order valence-corrected chi connectivity index (χ1v) is 2.73. The van der Waals surface area contributed by atoms with Crippen molar-refractivity contribution in [2.45, 2.75) is 19.4 Å². The Kier molecular flexibility index (Phi) is 1.33. The van der Waals surface area contributed by atoms with Crippen molar-refractivity contribution < 1.29 is 4.74 Å². The van der Waals surface area contributed by atoms with E-state index in [2.05, 4.69) is 13.8 Å². The number of rotatable bonds is 2. The number of hydrogen-bond donors (Lipinski definition) is 0. The van der Waals surface area contributed by atoms with Crippen LogP contribution in [0.15, 0.2) is 0 Å². The Hall–Kier alpha value is -0.0400. The van der Waals surface area contributed by atoms with Crippen LogP contribution in [-0.2, 0) is 4.74 Å². The average Bonchev–Trinajstić information content (AvgIpc) is 2.17. The van der Waals surface area contributed by atoms with Gasteiger partial charge in [-0.05, 0) is 12.3 Å². The molecule has 0 saturated carbocycles. The Morgan fingerprint density at radius 1 is 2.00 bits per heavy atom. The van der Waals surface area contributed by atoms with Crippen molar-refractivity contribution in [1.29, 1.82) is 0 Å². The lowest BCUT2D eigenvalue weighted by molar-refractivity contribution is 0.378. The Morgan fingerprint density at radius 3 is 2.71 bits per heavy atom. The first kappa shape index (κ1) is 5.10. The van der Waals surface area contributed by atoms with Crippen LogP contribution < -0.4 is 0 Å². The molecule has 1 nitrogen and oxygen atoms in total. The quantitative estimate of drug-likeness (QED) is 0.474. The van der Waals surface area contributed by atoms with E-state index in [-0.39, 0.29) is 0 Å². The molecule has 0 aromatic rings. The molecule has 1 radical (unpaired) electrons. The van der Waals surface area contributed by atoms with Crippen molar-refractivity contribution in [2.24, 2.45) is 5.92 Å². The Bertz CT molecular complexity index is 55.2. The van der Waals surface area contributed by atoms with E-state index in [1.807, 2.05) is 0 Å². The summed E-state index contributed by atoms with van der Waals surface area (Å²) in [6, 6.07) is 0. The zero-order chi connectivity index (χ0) is 5.28. The van der Waals surface area contributed by atoms with Crippen molar-refractivity contribution in [2.75, 3.05) is 6.61 Å². The molecule has 0 N–H and O–H groups in total. The maximum Gasteiger partial charge on any atom is 0.0812 e. The average molecular weight is 99.2 g/mol. The third-order valence-corrected chi connectivity index (χ3v) is 1.07.